The number of anilines is 1. The molecule has 3 aromatic rings. The van der Waals surface area contributed by atoms with Crippen LogP contribution in [-0.2, 0) is 11.4 Å². The second-order valence-electron chi connectivity index (χ2n) is 5.25. The Morgan fingerprint density at radius 1 is 1.17 bits per heavy atom. The summed E-state index contributed by atoms with van der Waals surface area (Å²) in [5.41, 5.74) is 1.67. The summed E-state index contributed by atoms with van der Waals surface area (Å²) in [4.78, 5) is 17.0. The molecule has 0 atom stereocenters. The highest BCUT2D eigenvalue weighted by molar-refractivity contribution is 7.15. The van der Waals surface area contributed by atoms with Crippen LogP contribution in [0.3, 0.4) is 0 Å². The fourth-order valence-corrected chi connectivity index (χ4v) is 3.26. The molecule has 0 spiro atoms. The maximum atomic E-state index is 11.5. The van der Waals surface area contributed by atoms with Gasteiger partial charge in [0.25, 0.3) is 5.91 Å². The number of nitrogens with one attached hydrogen (secondary N) is 1. The van der Waals surface area contributed by atoms with E-state index in [-0.39, 0.29) is 12.5 Å². The maximum Gasteiger partial charge on any atom is 0.262 e. The molecule has 0 fully saturated rings. The number of amides is 1. The number of carbonyl (C=O) groups is 1. The van der Waals surface area contributed by atoms with Gasteiger partial charge in [-0.15, -0.1) is 11.3 Å². The molecule has 1 aliphatic heterocycles. The number of para-hydroxylation sites is 1. The largest absolute Gasteiger partial charge is 0.486 e. The molecule has 24 heavy (non-hydrogen) atoms. The van der Waals surface area contributed by atoms with Crippen LogP contribution in [0.4, 0.5) is 5.69 Å². The quantitative estimate of drug-likeness (QED) is 0.787. The van der Waals surface area contributed by atoms with Crippen LogP contribution < -0.4 is 14.8 Å². The first-order valence-electron chi connectivity index (χ1n) is 7.48. The molecule has 120 valence electrons. The lowest BCUT2D eigenvalue weighted by Crippen LogP contribution is -2.25. The SMILES string of the molecule is O=C1COc2cccc(OCc3cnc(-c4ccccc4)s3)c2N1. The van der Waals surface area contributed by atoms with Gasteiger partial charge in [0.15, 0.2) is 6.61 Å². The van der Waals surface area contributed by atoms with Gasteiger partial charge in [-0.2, -0.15) is 0 Å². The van der Waals surface area contributed by atoms with Gasteiger partial charge < -0.3 is 14.8 Å². The van der Waals surface area contributed by atoms with E-state index in [9.17, 15) is 4.79 Å². The van der Waals surface area contributed by atoms with E-state index in [1.54, 1.807) is 11.3 Å². The zero-order valence-corrected chi connectivity index (χ0v) is 13.5. The Balaban J connectivity index is 1.50. The molecule has 0 bridgehead atoms. The van der Waals surface area contributed by atoms with Gasteiger partial charge in [-0.05, 0) is 12.1 Å². The van der Waals surface area contributed by atoms with E-state index in [0.717, 1.165) is 15.4 Å². The second-order valence-corrected chi connectivity index (χ2v) is 6.37. The number of aromatic nitrogens is 1. The Kier molecular flexibility index (Phi) is 3.88. The number of thiazole rings is 1. The Bertz CT molecular complexity index is 877. The highest BCUT2D eigenvalue weighted by Crippen LogP contribution is 2.37. The Labute approximate surface area is 142 Å². The zero-order valence-electron chi connectivity index (χ0n) is 12.7. The first-order valence-corrected chi connectivity index (χ1v) is 8.30. The standard InChI is InChI=1S/C18H14N2O3S/c21-16-11-23-15-8-4-7-14(17(15)20-16)22-10-13-9-19-18(24-13)12-5-2-1-3-6-12/h1-9H,10-11H2,(H,20,21). The molecule has 0 aliphatic carbocycles. The summed E-state index contributed by atoms with van der Waals surface area (Å²) in [5.74, 6) is 1.04. The molecular formula is C18H14N2O3S. The predicted molar refractivity (Wildman–Crippen MR) is 92.4 cm³/mol. The van der Waals surface area contributed by atoms with Gasteiger partial charge in [0.2, 0.25) is 0 Å². The van der Waals surface area contributed by atoms with Gasteiger partial charge in [0, 0.05) is 11.8 Å². The van der Waals surface area contributed by atoms with Crippen LogP contribution in [0.5, 0.6) is 11.5 Å². The molecule has 1 aliphatic rings. The van der Waals surface area contributed by atoms with E-state index in [1.807, 2.05) is 54.7 Å². The molecule has 4 rings (SSSR count). The summed E-state index contributed by atoms with van der Waals surface area (Å²) >= 11 is 1.59. The van der Waals surface area contributed by atoms with Crippen molar-refractivity contribution in [3.63, 3.8) is 0 Å². The van der Waals surface area contributed by atoms with Crippen molar-refractivity contribution < 1.29 is 14.3 Å². The number of rotatable bonds is 4. The summed E-state index contributed by atoms with van der Waals surface area (Å²) in [6.45, 7) is 0.419. The van der Waals surface area contributed by atoms with Crippen molar-refractivity contribution in [1.82, 2.24) is 4.98 Å². The Morgan fingerprint density at radius 2 is 2.04 bits per heavy atom. The molecule has 0 saturated carbocycles. The maximum absolute atomic E-state index is 11.5. The fraction of sp³-hybridized carbons (Fsp3) is 0.111. The topological polar surface area (TPSA) is 60.5 Å². The normalized spacial score (nSPS) is 12.9. The van der Waals surface area contributed by atoms with E-state index in [2.05, 4.69) is 10.3 Å². The summed E-state index contributed by atoms with van der Waals surface area (Å²) in [6, 6.07) is 15.5. The first kappa shape index (κ1) is 14.7. The highest BCUT2D eigenvalue weighted by atomic mass is 32.1. The average molecular weight is 338 g/mol. The molecular weight excluding hydrogens is 324 g/mol. The predicted octanol–water partition coefficient (Wildman–Crippen LogP) is 3.72. The van der Waals surface area contributed by atoms with E-state index in [1.165, 1.54) is 0 Å². The summed E-state index contributed by atoms with van der Waals surface area (Å²) < 4.78 is 11.3. The third kappa shape index (κ3) is 2.96. The van der Waals surface area contributed by atoms with Crippen molar-refractivity contribution in [2.75, 3.05) is 11.9 Å². The number of hydrogen-bond donors (Lipinski definition) is 1. The van der Waals surface area contributed by atoms with Gasteiger partial charge in [0.05, 0.1) is 4.88 Å². The molecule has 6 heteroatoms. The van der Waals surface area contributed by atoms with Crippen LogP contribution in [0, 0.1) is 0 Å². The molecule has 0 saturated heterocycles. The number of nitrogens with zero attached hydrogens (tertiary/aromatic N) is 1. The minimum Gasteiger partial charge on any atom is -0.486 e. The summed E-state index contributed by atoms with van der Waals surface area (Å²) in [7, 11) is 0. The van der Waals surface area contributed by atoms with Crippen LogP contribution in [-0.4, -0.2) is 17.5 Å². The summed E-state index contributed by atoms with van der Waals surface area (Å²) in [5, 5.41) is 3.75. The van der Waals surface area contributed by atoms with E-state index in [4.69, 9.17) is 9.47 Å². The molecule has 1 aromatic heterocycles. The third-order valence-electron chi connectivity index (χ3n) is 3.56. The van der Waals surface area contributed by atoms with Crippen LogP contribution in [0.2, 0.25) is 0 Å². The van der Waals surface area contributed by atoms with Crippen molar-refractivity contribution in [1.29, 1.82) is 0 Å². The molecule has 1 amide bonds. The van der Waals surface area contributed by atoms with E-state index >= 15 is 0 Å². The number of hydrogen-bond acceptors (Lipinski definition) is 5. The molecule has 2 heterocycles. The van der Waals surface area contributed by atoms with Crippen LogP contribution >= 0.6 is 11.3 Å². The lowest BCUT2D eigenvalue weighted by atomic mass is 10.2. The molecule has 1 N–H and O–H groups in total. The smallest absolute Gasteiger partial charge is 0.262 e. The molecule has 0 radical (unpaired) electrons. The second kappa shape index (κ2) is 6.33. The minimum atomic E-state index is -0.178. The number of ether oxygens (including phenoxy) is 2. The van der Waals surface area contributed by atoms with Crippen LogP contribution in [0.25, 0.3) is 10.6 Å². The average Bonchev–Trinajstić information content (AvgIpc) is 3.10. The lowest BCUT2D eigenvalue weighted by Gasteiger charge is -2.20. The van der Waals surface area contributed by atoms with Crippen LogP contribution in [0.1, 0.15) is 4.88 Å². The van der Waals surface area contributed by atoms with Gasteiger partial charge in [0.1, 0.15) is 28.8 Å². The number of fused-ring (bicyclic) bond motifs is 1. The van der Waals surface area contributed by atoms with E-state index in [0.29, 0.717) is 23.8 Å². The van der Waals surface area contributed by atoms with Crippen molar-refractivity contribution in [2.45, 2.75) is 6.61 Å². The van der Waals surface area contributed by atoms with Gasteiger partial charge in [-0.25, -0.2) is 4.98 Å². The molecule has 5 nitrogen and oxygen atoms in total. The molecule has 2 aromatic carbocycles. The zero-order chi connectivity index (χ0) is 16.4. The van der Waals surface area contributed by atoms with E-state index < -0.39 is 0 Å². The van der Waals surface area contributed by atoms with Crippen LogP contribution in [0.15, 0.2) is 54.7 Å². The van der Waals surface area contributed by atoms with Gasteiger partial charge >= 0.3 is 0 Å². The minimum absolute atomic E-state index is 0.0335. The van der Waals surface area contributed by atoms with Crippen molar-refractivity contribution in [3.8, 4) is 22.1 Å². The molecule has 0 unspecified atom stereocenters. The Morgan fingerprint density at radius 3 is 2.92 bits per heavy atom. The number of benzene rings is 2. The monoisotopic (exact) mass is 338 g/mol. The van der Waals surface area contributed by atoms with Crippen molar-refractivity contribution in [3.05, 3.63) is 59.6 Å². The first-order chi connectivity index (χ1) is 11.8. The highest BCUT2D eigenvalue weighted by Gasteiger charge is 2.20. The third-order valence-corrected chi connectivity index (χ3v) is 4.58. The van der Waals surface area contributed by atoms with Crippen molar-refractivity contribution in [2.24, 2.45) is 0 Å². The lowest BCUT2D eigenvalue weighted by molar-refractivity contribution is -0.118. The van der Waals surface area contributed by atoms with Gasteiger partial charge in [-0.1, -0.05) is 36.4 Å². The summed E-state index contributed by atoms with van der Waals surface area (Å²) in [6.07, 6.45) is 1.82. The van der Waals surface area contributed by atoms with Crippen molar-refractivity contribution >= 4 is 22.9 Å². The van der Waals surface area contributed by atoms with Gasteiger partial charge in [-0.3, -0.25) is 4.79 Å². The fourth-order valence-electron chi connectivity index (χ4n) is 2.43. The number of carbonyl (C=O) groups excluding carboxylic acids is 1. The Hall–Kier alpha value is -2.86.